The van der Waals surface area contributed by atoms with Crippen LogP contribution in [0.15, 0.2) is 18.2 Å². The predicted octanol–water partition coefficient (Wildman–Crippen LogP) is 4.55. The molecule has 132 valence electrons. The summed E-state index contributed by atoms with van der Waals surface area (Å²) in [6.45, 7) is 3.97. The van der Waals surface area contributed by atoms with Crippen LogP contribution in [0.3, 0.4) is 0 Å². The molecule has 0 spiro atoms. The van der Waals surface area contributed by atoms with Gasteiger partial charge in [0.2, 0.25) is 10.8 Å². The summed E-state index contributed by atoms with van der Waals surface area (Å²) in [6, 6.07) is 5.60. The van der Waals surface area contributed by atoms with Crippen LogP contribution in [0.4, 0.5) is 0 Å². The van der Waals surface area contributed by atoms with Crippen LogP contribution < -0.4 is 0 Å². The number of thiazole rings is 1. The molecule has 1 aliphatic heterocycles. The van der Waals surface area contributed by atoms with Crippen molar-refractivity contribution in [2.45, 2.75) is 32.2 Å². The van der Waals surface area contributed by atoms with Gasteiger partial charge in [0.05, 0.1) is 21.0 Å². The minimum atomic E-state index is -0.0733. The van der Waals surface area contributed by atoms with E-state index >= 15 is 0 Å². The number of aromatic hydroxyl groups is 1. The molecule has 0 aliphatic carbocycles. The fourth-order valence-electron chi connectivity index (χ4n) is 3.33. The lowest BCUT2D eigenvalue weighted by atomic mass is 10.0. The van der Waals surface area contributed by atoms with E-state index in [9.17, 15) is 5.11 Å². The van der Waals surface area contributed by atoms with Gasteiger partial charge < -0.3 is 5.11 Å². The highest BCUT2D eigenvalue weighted by atomic mass is 35.5. The summed E-state index contributed by atoms with van der Waals surface area (Å²) in [5, 5.41) is 16.2. The van der Waals surface area contributed by atoms with Crippen LogP contribution in [-0.2, 0) is 6.42 Å². The van der Waals surface area contributed by atoms with E-state index in [1.807, 2.05) is 25.1 Å². The van der Waals surface area contributed by atoms with Gasteiger partial charge in [-0.2, -0.15) is 4.52 Å². The Morgan fingerprint density at radius 3 is 2.64 bits per heavy atom. The summed E-state index contributed by atoms with van der Waals surface area (Å²) in [7, 11) is 0. The molecule has 1 N–H and O–H groups in total. The van der Waals surface area contributed by atoms with Gasteiger partial charge in [0.25, 0.3) is 0 Å². The third-order valence-electron chi connectivity index (χ3n) is 4.57. The minimum Gasteiger partial charge on any atom is -0.492 e. The zero-order chi connectivity index (χ0) is 17.6. The molecular weight excluding hydrogens is 379 g/mol. The molecule has 1 atom stereocenters. The number of hydrogen-bond acceptors (Lipinski definition) is 5. The molecule has 1 aliphatic rings. The molecule has 0 saturated carbocycles. The molecule has 0 radical (unpaired) electrons. The van der Waals surface area contributed by atoms with E-state index < -0.39 is 0 Å². The van der Waals surface area contributed by atoms with Crippen molar-refractivity contribution in [3.63, 3.8) is 0 Å². The highest BCUT2D eigenvalue weighted by Crippen LogP contribution is 2.42. The summed E-state index contributed by atoms with van der Waals surface area (Å²) in [6.07, 6.45) is 3.05. The Morgan fingerprint density at radius 2 is 2.00 bits per heavy atom. The number of halogens is 2. The molecule has 1 unspecified atom stereocenters. The van der Waals surface area contributed by atoms with Gasteiger partial charge in [-0.05, 0) is 43.6 Å². The van der Waals surface area contributed by atoms with Gasteiger partial charge in [-0.3, -0.25) is 4.90 Å². The molecule has 2 aromatic heterocycles. The van der Waals surface area contributed by atoms with Crippen LogP contribution in [-0.4, -0.2) is 37.7 Å². The quantitative estimate of drug-likeness (QED) is 0.702. The van der Waals surface area contributed by atoms with Crippen molar-refractivity contribution in [1.29, 1.82) is 0 Å². The molecule has 3 aromatic rings. The number of benzene rings is 1. The molecule has 1 saturated heterocycles. The number of likely N-dealkylation sites (tertiary alicyclic amines) is 1. The van der Waals surface area contributed by atoms with Gasteiger partial charge in [-0.1, -0.05) is 47.5 Å². The lowest BCUT2D eigenvalue weighted by Gasteiger charge is -2.27. The number of aryl methyl sites for hydroxylation is 1. The van der Waals surface area contributed by atoms with Crippen molar-refractivity contribution in [2.24, 2.45) is 0 Å². The Bertz CT molecular complexity index is 917. The second-order valence-corrected chi connectivity index (χ2v) is 8.01. The molecule has 4 rings (SSSR count). The summed E-state index contributed by atoms with van der Waals surface area (Å²) in [5.74, 6) is 0.899. The number of nitrogens with zero attached hydrogens (tertiary/aromatic N) is 4. The Hall–Kier alpha value is -1.34. The van der Waals surface area contributed by atoms with Crippen molar-refractivity contribution in [1.82, 2.24) is 19.5 Å². The monoisotopic (exact) mass is 396 g/mol. The average molecular weight is 397 g/mol. The Labute approximate surface area is 159 Å². The van der Waals surface area contributed by atoms with Crippen molar-refractivity contribution in [3.8, 4) is 5.88 Å². The second-order valence-electron chi connectivity index (χ2n) is 6.19. The van der Waals surface area contributed by atoms with E-state index in [0.717, 1.165) is 48.6 Å². The highest BCUT2D eigenvalue weighted by Gasteiger charge is 2.31. The molecular formula is C17H18Cl2N4OS. The number of aromatic nitrogens is 3. The maximum absolute atomic E-state index is 10.8. The lowest BCUT2D eigenvalue weighted by Crippen LogP contribution is -2.26. The first-order valence-electron chi connectivity index (χ1n) is 8.34. The smallest absolute Gasteiger partial charge is 0.230 e. The first-order valence-corrected chi connectivity index (χ1v) is 9.92. The summed E-state index contributed by atoms with van der Waals surface area (Å²) in [5.41, 5.74) is 1.02. The predicted molar refractivity (Wildman–Crippen MR) is 101 cm³/mol. The normalized spacial score (nSPS) is 16.8. The van der Waals surface area contributed by atoms with Crippen LogP contribution in [0, 0.1) is 0 Å². The van der Waals surface area contributed by atoms with Gasteiger partial charge in [0.15, 0.2) is 5.82 Å². The van der Waals surface area contributed by atoms with E-state index in [0.29, 0.717) is 15.0 Å². The standard InChI is InChI=1S/C17H18Cl2N4OS/c1-2-13-20-17-23(21-13)16(24)15(25-17)14(22-7-3-4-8-22)10-5-6-11(18)12(19)9-10/h5-6,9,14,24H,2-4,7-8H2,1H3. The van der Waals surface area contributed by atoms with Gasteiger partial charge in [0.1, 0.15) is 0 Å². The number of fused-ring (bicyclic) bond motifs is 1. The zero-order valence-electron chi connectivity index (χ0n) is 13.7. The van der Waals surface area contributed by atoms with Gasteiger partial charge >= 0.3 is 0 Å². The maximum atomic E-state index is 10.8. The van der Waals surface area contributed by atoms with Crippen molar-refractivity contribution < 1.29 is 5.11 Å². The van der Waals surface area contributed by atoms with Crippen LogP contribution in [0.2, 0.25) is 10.0 Å². The van der Waals surface area contributed by atoms with E-state index in [2.05, 4.69) is 15.0 Å². The minimum absolute atomic E-state index is 0.0733. The first kappa shape index (κ1) is 17.1. The molecule has 1 fully saturated rings. The third kappa shape index (κ3) is 3.01. The molecule has 1 aromatic carbocycles. The maximum Gasteiger partial charge on any atom is 0.230 e. The lowest BCUT2D eigenvalue weighted by molar-refractivity contribution is 0.277. The summed E-state index contributed by atoms with van der Waals surface area (Å²) < 4.78 is 1.54. The fourth-order valence-corrected chi connectivity index (χ4v) is 4.77. The molecule has 8 heteroatoms. The largest absolute Gasteiger partial charge is 0.492 e. The second kappa shape index (κ2) is 6.76. The van der Waals surface area contributed by atoms with Crippen LogP contribution in [0.1, 0.15) is 42.1 Å². The first-order chi connectivity index (χ1) is 12.1. The van der Waals surface area contributed by atoms with Crippen LogP contribution in [0.5, 0.6) is 5.88 Å². The van der Waals surface area contributed by atoms with Gasteiger partial charge in [0, 0.05) is 6.42 Å². The van der Waals surface area contributed by atoms with Crippen molar-refractivity contribution in [3.05, 3.63) is 44.5 Å². The van der Waals surface area contributed by atoms with Crippen molar-refractivity contribution in [2.75, 3.05) is 13.1 Å². The van der Waals surface area contributed by atoms with Gasteiger partial charge in [-0.25, -0.2) is 4.98 Å². The van der Waals surface area contributed by atoms with E-state index in [1.165, 1.54) is 11.3 Å². The summed E-state index contributed by atoms with van der Waals surface area (Å²) >= 11 is 13.8. The molecule has 0 amide bonds. The number of hydrogen-bond donors (Lipinski definition) is 1. The molecule has 5 nitrogen and oxygen atoms in total. The molecule has 0 bridgehead atoms. The van der Waals surface area contributed by atoms with E-state index in [4.69, 9.17) is 23.2 Å². The summed E-state index contributed by atoms with van der Waals surface area (Å²) in [4.78, 5) is 8.42. The average Bonchev–Trinajstić information content (AvgIpc) is 3.31. The fraction of sp³-hybridized carbons (Fsp3) is 0.412. The Morgan fingerprint density at radius 1 is 1.24 bits per heavy atom. The molecule has 3 heterocycles. The van der Waals surface area contributed by atoms with Crippen LogP contribution in [0.25, 0.3) is 4.96 Å². The molecule has 25 heavy (non-hydrogen) atoms. The Balaban J connectivity index is 1.84. The SMILES string of the molecule is CCc1nc2sc(C(c3ccc(Cl)c(Cl)c3)N3CCCC3)c(O)n2n1. The zero-order valence-corrected chi connectivity index (χ0v) is 16.1. The third-order valence-corrected chi connectivity index (χ3v) is 6.38. The van der Waals surface area contributed by atoms with Gasteiger partial charge in [-0.15, -0.1) is 5.10 Å². The highest BCUT2D eigenvalue weighted by molar-refractivity contribution is 7.17. The van der Waals surface area contributed by atoms with E-state index in [1.54, 1.807) is 4.52 Å². The number of rotatable bonds is 4. The van der Waals surface area contributed by atoms with E-state index in [-0.39, 0.29) is 11.9 Å². The topological polar surface area (TPSA) is 53.7 Å². The van der Waals surface area contributed by atoms with Crippen LogP contribution >= 0.6 is 34.5 Å². The Kier molecular flexibility index (Phi) is 4.62. The van der Waals surface area contributed by atoms with Crippen molar-refractivity contribution >= 4 is 39.5 Å².